The van der Waals surface area contributed by atoms with Gasteiger partial charge in [-0.2, -0.15) is 13.2 Å². The molecule has 14 heteroatoms. The normalized spacial score (nSPS) is 12.0. The molecule has 1 heterocycles. The van der Waals surface area contributed by atoms with E-state index in [2.05, 4.69) is 5.32 Å². The Hall–Kier alpha value is -3.78. The number of nitrogens with zero attached hydrogens (tertiary/aromatic N) is 2. The van der Waals surface area contributed by atoms with Gasteiger partial charge in [0.25, 0.3) is 5.56 Å². The van der Waals surface area contributed by atoms with Crippen molar-refractivity contribution < 1.29 is 66.1 Å². The molecular formula is C32H29F5N3NaO5. The molecule has 0 unspecified atom stereocenters. The molecule has 0 saturated heterocycles. The first-order chi connectivity index (χ1) is 21.3. The predicted molar refractivity (Wildman–Crippen MR) is 154 cm³/mol. The van der Waals surface area contributed by atoms with Gasteiger partial charge in [0.05, 0.1) is 37.4 Å². The number of alkyl halides is 3. The standard InChI is InChI=1S/C32H30F5N3O5.Na/c1-19-28(21-11-6-14-26(45-2)29(21)34)30(43)40(18-25(20-9-4-3-5-10-20)38-16-8-15-27(41)42)31(44)39(19)17-22-23(32(35,36)37)12-7-13-24(22)33;/h3-7,9-14,25,38H,8,15-18H2,1-2H3,(H,41,42);/q;+1/p-1/t25-;/m0./s1. The number of nitrogens with one attached hydrogen (secondary N) is 1. The second-order valence-electron chi connectivity index (χ2n) is 10.2. The Morgan fingerprint density at radius 3 is 2.28 bits per heavy atom. The second-order valence-corrected chi connectivity index (χ2v) is 10.2. The topological polar surface area (TPSA) is 105 Å². The van der Waals surface area contributed by atoms with E-state index in [0.717, 1.165) is 21.3 Å². The van der Waals surface area contributed by atoms with Crippen LogP contribution in [0.4, 0.5) is 22.0 Å². The summed E-state index contributed by atoms with van der Waals surface area (Å²) in [7, 11) is 1.21. The summed E-state index contributed by atoms with van der Waals surface area (Å²) in [4.78, 5) is 38.9. The summed E-state index contributed by atoms with van der Waals surface area (Å²) in [5, 5.41) is 14.0. The number of hydrogen-bond donors (Lipinski definition) is 1. The third-order valence-corrected chi connectivity index (χ3v) is 7.40. The van der Waals surface area contributed by atoms with Gasteiger partial charge >= 0.3 is 41.4 Å². The van der Waals surface area contributed by atoms with Gasteiger partial charge in [0.2, 0.25) is 0 Å². The first kappa shape index (κ1) is 36.7. The Balaban J connectivity index is 0.00000576. The smallest absolute Gasteiger partial charge is 0.550 e. The molecule has 0 aliphatic carbocycles. The first-order valence-electron chi connectivity index (χ1n) is 13.8. The van der Waals surface area contributed by atoms with Crippen molar-refractivity contribution in [1.29, 1.82) is 0 Å². The van der Waals surface area contributed by atoms with Crippen molar-refractivity contribution >= 4 is 5.97 Å². The fourth-order valence-electron chi connectivity index (χ4n) is 5.13. The molecule has 1 N–H and O–H groups in total. The Labute approximate surface area is 282 Å². The number of hydrogen-bond acceptors (Lipinski definition) is 6. The van der Waals surface area contributed by atoms with Crippen LogP contribution in [0.15, 0.2) is 76.3 Å². The van der Waals surface area contributed by atoms with E-state index < -0.39 is 58.7 Å². The quantitative estimate of drug-likeness (QED) is 0.140. The predicted octanol–water partition coefficient (Wildman–Crippen LogP) is 1.20. The minimum Gasteiger partial charge on any atom is -0.550 e. The molecule has 0 radical (unpaired) electrons. The number of ether oxygens (including phenoxy) is 1. The summed E-state index contributed by atoms with van der Waals surface area (Å²) in [6, 6.07) is 14.1. The number of aliphatic carboxylic acids is 1. The number of carboxylic acid groups (broad SMARTS) is 1. The van der Waals surface area contributed by atoms with Crippen LogP contribution in [0.2, 0.25) is 0 Å². The molecule has 8 nitrogen and oxygen atoms in total. The molecule has 0 spiro atoms. The minimum absolute atomic E-state index is 0. The van der Waals surface area contributed by atoms with E-state index >= 15 is 4.39 Å². The summed E-state index contributed by atoms with van der Waals surface area (Å²) in [5.41, 5.74) is -4.34. The largest absolute Gasteiger partial charge is 1.00 e. The average molecular weight is 654 g/mol. The second kappa shape index (κ2) is 15.7. The average Bonchev–Trinajstić information content (AvgIpc) is 2.99. The van der Waals surface area contributed by atoms with Gasteiger partial charge in [0.1, 0.15) is 5.82 Å². The molecule has 46 heavy (non-hydrogen) atoms. The van der Waals surface area contributed by atoms with Crippen molar-refractivity contribution in [3.8, 4) is 16.9 Å². The van der Waals surface area contributed by atoms with Crippen molar-refractivity contribution in [2.24, 2.45) is 0 Å². The zero-order valence-corrected chi connectivity index (χ0v) is 27.3. The number of rotatable bonds is 12. The summed E-state index contributed by atoms with van der Waals surface area (Å²) in [6.07, 6.45) is -5.05. The maximum absolute atomic E-state index is 15.6. The van der Waals surface area contributed by atoms with Gasteiger partial charge < -0.3 is 20.0 Å². The first-order valence-corrected chi connectivity index (χ1v) is 13.8. The maximum atomic E-state index is 15.6. The molecule has 0 aliphatic heterocycles. The van der Waals surface area contributed by atoms with Gasteiger partial charge in [-0.1, -0.05) is 48.5 Å². The monoisotopic (exact) mass is 653 g/mol. The van der Waals surface area contributed by atoms with Crippen molar-refractivity contribution in [2.75, 3.05) is 13.7 Å². The number of halogens is 5. The molecule has 4 aromatic rings. The van der Waals surface area contributed by atoms with E-state index in [9.17, 15) is 37.1 Å². The van der Waals surface area contributed by atoms with Crippen LogP contribution in [0.5, 0.6) is 5.75 Å². The van der Waals surface area contributed by atoms with E-state index in [4.69, 9.17) is 4.74 Å². The van der Waals surface area contributed by atoms with E-state index in [1.165, 1.54) is 32.2 Å². The molecule has 3 aromatic carbocycles. The van der Waals surface area contributed by atoms with Crippen molar-refractivity contribution in [3.05, 3.63) is 122 Å². The van der Waals surface area contributed by atoms with Crippen molar-refractivity contribution in [2.45, 2.75) is 45.1 Å². The molecule has 0 amide bonds. The zero-order chi connectivity index (χ0) is 32.9. The van der Waals surface area contributed by atoms with Gasteiger partial charge in [-0.25, -0.2) is 13.6 Å². The Morgan fingerprint density at radius 1 is 0.978 bits per heavy atom. The molecule has 1 aromatic heterocycles. The summed E-state index contributed by atoms with van der Waals surface area (Å²) >= 11 is 0. The molecule has 0 aliphatic rings. The minimum atomic E-state index is -4.96. The van der Waals surface area contributed by atoms with Gasteiger partial charge in [-0.15, -0.1) is 0 Å². The van der Waals surface area contributed by atoms with Gasteiger partial charge in [-0.05, 0) is 50.1 Å². The van der Waals surface area contributed by atoms with Crippen LogP contribution in [-0.4, -0.2) is 28.8 Å². The van der Waals surface area contributed by atoms with Crippen LogP contribution >= 0.6 is 0 Å². The summed E-state index contributed by atoms with van der Waals surface area (Å²) in [6.45, 7) is 0.113. The molecular weight excluding hydrogens is 624 g/mol. The van der Waals surface area contributed by atoms with E-state index in [-0.39, 0.29) is 78.1 Å². The number of aromatic nitrogens is 2. The third-order valence-electron chi connectivity index (χ3n) is 7.40. The van der Waals surface area contributed by atoms with Gasteiger partial charge in [0, 0.05) is 22.8 Å². The van der Waals surface area contributed by atoms with Crippen LogP contribution in [-0.2, 0) is 24.1 Å². The Bertz CT molecular complexity index is 1810. The fraction of sp³-hybridized carbons (Fsp3) is 0.281. The molecule has 0 saturated carbocycles. The van der Waals surface area contributed by atoms with E-state index in [0.29, 0.717) is 11.6 Å². The number of benzene rings is 3. The summed E-state index contributed by atoms with van der Waals surface area (Å²) < 4.78 is 78.8. The van der Waals surface area contributed by atoms with Crippen LogP contribution in [0.25, 0.3) is 11.1 Å². The zero-order valence-electron chi connectivity index (χ0n) is 25.3. The fourth-order valence-corrected chi connectivity index (χ4v) is 5.13. The van der Waals surface area contributed by atoms with E-state index in [1.54, 1.807) is 30.3 Å². The van der Waals surface area contributed by atoms with Crippen LogP contribution in [0, 0.1) is 18.6 Å². The Kier molecular flexibility index (Phi) is 12.5. The molecule has 1 atom stereocenters. The number of carboxylic acids is 1. The number of methoxy groups -OCH3 is 1. The number of carbonyl (C=O) groups is 1. The molecule has 0 fully saturated rings. The third kappa shape index (κ3) is 8.13. The molecule has 4 rings (SSSR count). The van der Waals surface area contributed by atoms with Crippen LogP contribution in [0.1, 0.15) is 41.3 Å². The number of carbonyl (C=O) groups excluding carboxylic acids is 1. The van der Waals surface area contributed by atoms with Crippen LogP contribution in [0.3, 0.4) is 0 Å². The summed E-state index contributed by atoms with van der Waals surface area (Å²) in [5.74, 6) is -3.65. The van der Waals surface area contributed by atoms with Gasteiger partial charge in [0.15, 0.2) is 11.6 Å². The van der Waals surface area contributed by atoms with Crippen molar-refractivity contribution in [1.82, 2.24) is 14.5 Å². The molecule has 0 bridgehead atoms. The Morgan fingerprint density at radius 2 is 1.65 bits per heavy atom. The van der Waals surface area contributed by atoms with Gasteiger partial charge in [-0.3, -0.25) is 13.9 Å². The van der Waals surface area contributed by atoms with Crippen molar-refractivity contribution in [3.63, 3.8) is 0 Å². The SMILES string of the molecule is COc1cccc(-c2c(C)n(Cc3c(F)cccc3C(F)(F)F)c(=O)n(C[C@H](NCCCC(=O)[O-])c3ccccc3)c2=O)c1F.[Na+]. The maximum Gasteiger partial charge on any atom is 1.00 e. The molecule has 238 valence electrons. The van der Waals surface area contributed by atoms with Crippen LogP contribution < -0.4 is 56.0 Å². The van der Waals surface area contributed by atoms with E-state index in [1.807, 2.05) is 0 Å².